The van der Waals surface area contributed by atoms with E-state index in [0.29, 0.717) is 36.9 Å². The number of ether oxygens (including phenoxy) is 1. The number of piperidine rings is 1. The molecule has 1 saturated heterocycles. The molecular weight excluding hydrogens is 607 g/mol. The lowest BCUT2D eigenvalue weighted by molar-refractivity contribution is -0.152. The molecule has 3 atom stereocenters. The third-order valence-electron chi connectivity index (χ3n) is 7.53. The molecule has 0 radical (unpaired) electrons. The van der Waals surface area contributed by atoms with Gasteiger partial charge in [0.2, 0.25) is 11.8 Å². The summed E-state index contributed by atoms with van der Waals surface area (Å²) >= 11 is 16.2. The minimum atomic E-state index is -1.57. The molecule has 0 bridgehead atoms. The molecule has 0 saturated carbocycles. The van der Waals surface area contributed by atoms with Gasteiger partial charge in [0.05, 0.1) is 6.04 Å². The number of carboxylic acids is 1. The summed E-state index contributed by atoms with van der Waals surface area (Å²) in [6.07, 6.45) is -0.0497. The Morgan fingerprint density at radius 2 is 1.74 bits per heavy atom. The number of anilines is 1. The maximum atomic E-state index is 14.3. The second kappa shape index (κ2) is 9.84. The van der Waals surface area contributed by atoms with Crippen LogP contribution in [0, 0.1) is 6.92 Å². The zero-order chi connectivity index (χ0) is 28.3. The second-order valence-corrected chi connectivity index (χ2v) is 12.2. The van der Waals surface area contributed by atoms with Crippen LogP contribution in [0.2, 0.25) is 10.0 Å². The van der Waals surface area contributed by atoms with Crippen LogP contribution in [0.5, 0.6) is 5.75 Å². The molecule has 2 aliphatic heterocycles. The van der Waals surface area contributed by atoms with Gasteiger partial charge in [-0.1, -0.05) is 51.3 Å². The van der Waals surface area contributed by atoms with Gasteiger partial charge in [-0.15, -0.1) is 0 Å². The monoisotopic (exact) mass is 630 g/mol. The Bertz CT molecular complexity index is 1540. The Labute approximate surface area is 244 Å². The number of fused-ring (bicyclic) bond motifs is 2. The number of hydrogen-bond acceptors (Lipinski definition) is 4. The average Bonchev–Trinajstić information content (AvgIpc) is 3.14. The molecule has 1 fully saturated rings. The molecule has 5 rings (SSSR count). The Balaban J connectivity index is 1.82. The first-order chi connectivity index (χ1) is 18.3. The molecule has 2 heterocycles. The molecule has 0 aromatic heterocycles. The zero-order valence-electron chi connectivity index (χ0n) is 21.3. The van der Waals surface area contributed by atoms with Crippen LogP contribution >= 0.6 is 39.1 Å². The van der Waals surface area contributed by atoms with Gasteiger partial charge in [-0.2, -0.15) is 0 Å². The van der Waals surface area contributed by atoms with Crippen molar-refractivity contribution in [1.29, 1.82) is 0 Å². The maximum Gasteiger partial charge on any atom is 0.347 e. The molecule has 7 nitrogen and oxygen atoms in total. The summed E-state index contributed by atoms with van der Waals surface area (Å²) < 4.78 is 6.73. The molecule has 202 valence electrons. The van der Waals surface area contributed by atoms with E-state index in [1.807, 2.05) is 13.0 Å². The summed E-state index contributed by atoms with van der Waals surface area (Å²) in [5.74, 6) is -2.22. The second-order valence-electron chi connectivity index (χ2n) is 10.4. The van der Waals surface area contributed by atoms with E-state index in [9.17, 15) is 19.5 Å². The topological polar surface area (TPSA) is 105 Å². The first kappa shape index (κ1) is 27.5. The van der Waals surface area contributed by atoms with E-state index in [4.69, 9.17) is 27.9 Å². The van der Waals surface area contributed by atoms with Crippen molar-refractivity contribution < 1.29 is 24.2 Å². The van der Waals surface area contributed by atoms with Crippen molar-refractivity contribution >= 4 is 62.6 Å². The Hall–Kier alpha value is -3.07. The molecule has 39 heavy (non-hydrogen) atoms. The van der Waals surface area contributed by atoms with Crippen molar-refractivity contribution in [3.8, 4) is 5.75 Å². The quantitative estimate of drug-likeness (QED) is 0.297. The van der Waals surface area contributed by atoms with Crippen LogP contribution < -0.4 is 15.4 Å². The van der Waals surface area contributed by atoms with E-state index in [1.165, 1.54) is 13.8 Å². The van der Waals surface area contributed by atoms with Crippen molar-refractivity contribution in [2.24, 2.45) is 0 Å². The Morgan fingerprint density at radius 3 is 2.46 bits per heavy atom. The van der Waals surface area contributed by atoms with E-state index in [-0.39, 0.29) is 24.0 Å². The summed E-state index contributed by atoms with van der Waals surface area (Å²) in [5.41, 5.74) is 0.362. The van der Waals surface area contributed by atoms with Crippen LogP contribution in [0.15, 0.2) is 59.1 Å². The van der Waals surface area contributed by atoms with Crippen LogP contribution in [0.3, 0.4) is 0 Å². The zero-order valence-corrected chi connectivity index (χ0v) is 24.4. The van der Waals surface area contributed by atoms with Gasteiger partial charge in [-0.05, 0) is 79.9 Å². The van der Waals surface area contributed by atoms with Gasteiger partial charge in [-0.3, -0.25) is 9.59 Å². The van der Waals surface area contributed by atoms with E-state index < -0.39 is 28.9 Å². The van der Waals surface area contributed by atoms with Gasteiger partial charge >= 0.3 is 5.97 Å². The lowest BCUT2D eigenvalue weighted by Gasteiger charge is -2.47. The Morgan fingerprint density at radius 1 is 1.05 bits per heavy atom. The number of benzene rings is 3. The van der Waals surface area contributed by atoms with E-state index in [1.54, 1.807) is 48.5 Å². The van der Waals surface area contributed by atoms with Gasteiger partial charge in [0, 0.05) is 38.1 Å². The number of nitrogens with one attached hydrogen (secondary N) is 2. The standard InChI is InChI=1S/C29H25BrCl2N2O5/c1-14-4-6-16(31)11-18(14)25-29(20-8-7-17(32)12-22(20)33-26(29)36)21(13-24(35)34-25)19-10-15(30)5-9-23(19)39-28(2,3)27(37)38/h4-12,21,25H,13H2,1-3H3,(H,33,36)(H,34,35)(H,37,38)/t21?,25?,29-/m1/s1. The molecule has 1 spiro atoms. The number of rotatable bonds is 5. The summed E-state index contributed by atoms with van der Waals surface area (Å²) in [5, 5.41) is 16.8. The van der Waals surface area contributed by atoms with Gasteiger partial charge in [0.1, 0.15) is 11.2 Å². The van der Waals surface area contributed by atoms with E-state index >= 15 is 0 Å². The van der Waals surface area contributed by atoms with Crippen molar-refractivity contribution in [2.75, 3.05) is 5.32 Å². The van der Waals surface area contributed by atoms with Crippen LogP contribution in [0.1, 0.15) is 54.5 Å². The predicted octanol–water partition coefficient (Wildman–Crippen LogP) is 6.54. The molecule has 0 aliphatic carbocycles. The number of amides is 2. The smallest absolute Gasteiger partial charge is 0.347 e. The maximum absolute atomic E-state index is 14.3. The molecule has 3 aromatic carbocycles. The summed E-state index contributed by atoms with van der Waals surface area (Å²) in [6.45, 7) is 4.79. The average molecular weight is 632 g/mol. The number of carbonyl (C=O) groups excluding carboxylic acids is 2. The highest BCUT2D eigenvalue weighted by Crippen LogP contribution is 2.59. The van der Waals surface area contributed by atoms with Crippen LogP contribution in [0.4, 0.5) is 5.69 Å². The molecule has 10 heteroatoms. The largest absolute Gasteiger partial charge is 0.478 e. The van der Waals surface area contributed by atoms with Gasteiger partial charge in [-0.25, -0.2) is 4.79 Å². The van der Waals surface area contributed by atoms with Gasteiger partial charge < -0.3 is 20.5 Å². The molecule has 2 aliphatic rings. The fourth-order valence-corrected chi connectivity index (χ4v) is 6.38. The summed E-state index contributed by atoms with van der Waals surface area (Å²) in [6, 6.07) is 14.9. The molecule has 3 N–H and O–H groups in total. The van der Waals surface area contributed by atoms with E-state index in [0.717, 1.165) is 5.56 Å². The first-order valence-corrected chi connectivity index (χ1v) is 13.8. The number of hydrogen-bond donors (Lipinski definition) is 3. The number of aryl methyl sites for hydroxylation is 1. The summed E-state index contributed by atoms with van der Waals surface area (Å²) in [4.78, 5) is 39.6. The minimum absolute atomic E-state index is 0.0497. The number of aliphatic carboxylic acids is 1. The fraction of sp³-hybridized carbons (Fsp3) is 0.276. The third-order valence-corrected chi connectivity index (χ3v) is 8.49. The fourth-order valence-electron chi connectivity index (χ4n) is 5.65. The normalized spacial score (nSPS) is 22.3. The van der Waals surface area contributed by atoms with Crippen molar-refractivity contribution in [3.63, 3.8) is 0 Å². The summed E-state index contributed by atoms with van der Waals surface area (Å²) in [7, 11) is 0. The third kappa shape index (κ3) is 4.58. The highest BCUT2D eigenvalue weighted by Gasteiger charge is 2.62. The molecule has 2 unspecified atom stereocenters. The molecular formula is C29H25BrCl2N2O5. The van der Waals surface area contributed by atoms with E-state index in [2.05, 4.69) is 26.6 Å². The van der Waals surface area contributed by atoms with Crippen LogP contribution in [-0.2, 0) is 19.8 Å². The minimum Gasteiger partial charge on any atom is -0.478 e. The highest BCUT2D eigenvalue weighted by atomic mass is 79.9. The predicted molar refractivity (Wildman–Crippen MR) is 153 cm³/mol. The van der Waals surface area contributed by atoms with Crippen LogP contribution in [-0.4, -0.2) is 28.5 Å². The van der Waals surface area contributed by atoms with Crippen LogP contribution in [0.25, 0.3) is 0 Å². The number of carbonyl (C=O) groups is 3. The lowest BCUT2D eigenvalue weighted by Crippen LogP contribution is -2.57. The van der Waals surface area contributed by atoms with Gasteiger partial charge in [0.25, 0.3) is 0 Å². The molecule has 3 aromatic rings. The van der Waals surface area contributed by atoms with Crippen molar-refractivity contribution in [3.05, 3.63) is 91.4 Å². The van der Waals surface area contributed by atoms with Gasteiger partial charge in [0.15, 0.2) is 5.60 Å². The highest BCUT2D eigenvalue weighted by molar-refractivity contribution is 9.10. The first-order valence-electron chi connectivity index (χ1n) is 12.2. The number of carboxylic acid groups (broad SMARTS) is 1. The van der Waals surface area contributed by atoms with Crippen molar-refractivity contribution in [2.45, 2.75) is 50.2 Å². The Kier molecular flexibility index (Phi) is 6.94. The van der Waals surface area contributed by atoms with Crippen molar-refractivity contribution in [1.82, 2.24) is 5.32 Å². The lowest BCUT2D eigenvalue weighted by atomic mass is 9.59. The SMILES string of the molecule is Cc1ccc(Cl)cc1C1NC(=O)CC(c2cc(Br)ccc2OC(C)(C)C(=O)O)[C@@]12C(=O)Nc1cc(Cl)ccc12. The molecule has 2 amide bonds. The number of halogens is 3.